The molecule has 0 saturated heterocycles. The van der Waals surface area contributed by atoms with Crippen LogP contribution in [0.4, 0.5) is 0 Å². The predicted molar refractivity (Wildman–Crippen MR) is 120 cm³/mol. The lowest BCUT2D eigenvalue weighted by molar-refractivity contribution is 0.0861. The van der Waals surface area contributed by atoms with E-state index in [-0.39, 0.29) is 11.2 Å². The highest BCUT2D eigenvalue weighted by molar-refractivity contribution is 6.08. The molecule has 0 amide bonds. The van der Waals surface area contributed by atoms with E-state index in [0.29, 0.717) is 23.5 Å². The maximum Gasteiger partial charge on any atom is 0.271 e. The first-order chi connectivity index (χ1) is 14.9. The van der Waals surface area contributed by atoms with Crippen molar-refractivity contribution >= 4 is 10.8 Å². The fourth-order valence-corrected chi connectivity index (χ4v) is 6.14. The van der Waals surface area contributed by atoms with Gasteiger partial charge >= 0.3 is 0 Å². The summed E-state index contributed by atoms with van der Waals surface area (Å²) in [5.41, 5.74) is 23.2. The molecule has 0 bridgehead atoms. The van der Waals surface area contributed by atoms with Gasteiger partial charge in [-0.1, -0.05) is 43.5 Å². The molecule has 3 aromatic carbocycles. The van der Waals surface area contributed by atoms with Gasteiger partial charge in [-0.25, -0.2) is 0 Å². The summed E-state index contributed by atoms with van der Waals surface area (Å²) < 4.78 is 11.5. The van der Waals surface area contributed by atoms with E-state index in [0.717, 1.165) is 30.2 Å². The fraction of sp³-hybridized carbons (Fsp3) is 0.360. The lowest BCUT2D eigenvalue weighted by atomic mass is 9.67. The summed E-state index contributed by atoms with van der Waals surface area (Å²) in [6, 6.07) is 12.4. The van der Waals surface area contributed by atoms with Crippen LogP contribution in [-0.2, 0) is 11.8 Å². The summed E-state index contributed by atoms with van der Waals surface area (Å²) in [4.78, 5) is 0. The van der Waals surface area contributed by atoms with Crippen molar-refractivity contribution in [2.45, 2.75) is 49.9 Å². The van der Waals surface area contributed by atoms with Crippen molar-refractivity contribution < 1.29 is 14.6 Å². The topological polar surface area (TPSA) is 117 Å². The first-order valence-corrected chi connectivity index (χ1v) is 11.0. The van der Waals surface area contributed by atoms with Crippen LogP contribution in [-0.4, -0.2) is 17.7 Å². The Labute approximate surface area is 180 Å². The standard InChI is InChI=1S/C25H27N3O3/c26-25(27,28)31-20-12-16-19(29)13-18-22(21(16)15-8-11-30-23(15)20)14-6-2-3-7-17(14)24(18)9-4-1-5-10-24/h2-3,6-7,12-13,29H,1,4-5,8-11,26-28H2. The average Bonchev–Trinajstić information content (AvgIpc) is 3.32. The number of fused-ring (bicyclic) bond motifs is 9. The summed E-state index contributed by atoms with van der Waals surface area (Å²) in [6.45, 7) is 0.536. The zero-order valence-electron chi connectivity index (χ0n) is 17.4. The molecule has 160 valence electrons. The van der Waals surface area contributed by atoms with Crippen LogP contribution >= 0.6 is 0 Å². The van der Waals surface area contributed by atoms with Crippen molar-refractivity contribution in [2.75, 3.05) is 6.61 Å². The van der Waals surface area contributed by atoms with Gasteiger partial charge in [0.25, 0.3) is 5.97 Å². The van der Waals surface area contributed by atoms with Crippen LogP contribution in [0.5, 0.6) is 17.2 Å². The Bertz CT molecular complexity index is 1220. The second-order valence-electron chi connectivity index (χ2n) is 9.17. The molecular weight excluding hydrogens is 390 g/mol. The molecule has 1 fully saturated rings. The molecule has 0 atom stereocenters. The number of hydrogen-bond donors (Lipinski definition) is 4. The summed E-state index contributed by atoms with van der Waals surface area (Å²) >= 11 is 0. The second-order valence-corrected chi connectivity index (χ2v) is 9.17. The molecule has 1 heterocycles. The van der Waals surface area contributed by atoms with Crippen molar-refractivity contribution in [3.63, 3.8) is 0 Å². The molecule has 2 aliphatic carbocycles. The zero-order valence-corrected chi connectivity index (χ0v) is 17.4. The molecule has 1 spiro atoms. The molecule has 1 aliphatic heterocycles. The van der Waals surface area contributed by atoms with E-state index in [1.165, 1.54) is 41.5 Å². The minimum atomic E-state index is -1.83. The normalized spacial score (nSPS) is 18.5. The SMILES string of the molecule is NC(N)(N)Oc1cc2c(O)cc3c(c2c2c1OCC2)-c1ccccc1C31CCCCC1. The molecule has 3 aliphatic rings. The largest absolute Gasteiger partial charge is 0.507 e. The van der Waals surface area contributed by atoms with Gasteiger partial charge in [0.05, 0.1) is 6.61 Å². The highest BCUT2D eigenvalue weighted by Gasteiger charge is 2.45. The Kier molecular flexibility index (Phi) is 3.88. The Balaban J connectivity index is 1.71. The summed E-state index contributed by atoms with van der Waals surface area (Å²) in [6.07, 6.45) is 6.61. The van der Waals surface area contributed by atoms with Gasteiger partial charge in [-0.2, -0.15) is 0 Å². The van der Waals surface area contributed by atoms with Gasteiger partial charge in [-0.05, 0) is 47.2 Å². The monoisotopic (exact) mass is 417 g/mol. The Morgan fingerprint density at radius 2 is 1.77 bits per heavy atom. The highest BCUT2D eigenvalue weighted by atomic mass is 16.6. The maximum absolute atomic E-state index is 11.2. The number of ether oxygens (including phenoxy) is 2. The number of hydrogen-bond acceptors (Lipinski definition) is 6. The quantitative estimate of drug-likeness (QED) is 0.474. The molecule has 6 heteroatoms. The minimum Gasteiger partial charge on any atom is -0.507 e. The Morgan fingerprint density at radius 3 is 2.55 bits per heavy atom. The third-order valence-electron chi connectivity index (χ3n) is 7.24. The molecule has 1 saturated carbocycles. The number of phenolic OH excluding ortho intramolecular Hbond substituents is 1. The third kappa shape index (κ3) is 2.62. The lowest BCUT2D eigenvalue weighted by Crippen LogP contribution is -2.62. The van der Waals surface area contributed by atoms with Crippen LogP contribution in [0.3, 0.4) is 0 Å². The first-order valence-electron chi connectivity index (χ1n) is 11.0. The van der Waals surface area contributed by atoms with Gasteiger partial charge in [0.2, 0.25) is 0 Å². The van der Waals surface area contributed by atoms with Crippen molar-refractivity contribution in [3.05, 3.63) is 53.1 Å². The molecule has 0 aromatic heterocycles. The molecule has 3 aromatic rings. The number of aromatic hydroxyl groups is 1. The van der Waals surface area contributed by atoms with Crippen molar-refractivity contribution in [1.82, 2.24) is 0 Å². The Morgan fingerprint density at radius 1 is 1.00 bits per heavy atom. The molecule has 7 N–H and O–H groups in total. The van der Waals surface area contributed by atoms with Crippen LogP contribution in [0.1, 0.15) is 48.8 Å². The van der Waals surface area contributed by atoms with Gasteiger partial charge in [0.1, 0.15) is 5.75 Å². The summed E-state index contributed by atoms with van der Waals surface area (Å²) in [5.74, 6) is -0.615. The average molecular weight is 418 g/mol. The number of phenols is 1. The second kappa shape index (κ2) is 6.36. The van der Waals surface area contributed by atoms with E-state index in [2.05, 4.69) is 24.3 Å². The van der Waals surface area contributed by atoms with Crippen molar-refractivity contribution in [3.8, 4) is 28.4 Å². The molecule has 6 nitrogen and oxygen atoms in total. The third-order valence-corrected chi connectivity index (χ3v) is 7.24. The highest BCUT2D eigenvalue weighted by Crippen LogP contribution is 2.60. The molecule has 6 rings (SSSR count). The number of rotatable bonds is 2. The van der Waals surface area contributed by atoms with Crippen molar-refractivity contribution in [1.29, 1.82) is 0 Å². The minimum absolute atomic E-state index is 0.0295. The lowest BCUT2D eigenvalue weighted by Gasteiger charge is -2.36. The first kappa shape index (κ1) is 18.9. The zero-order chi connectivity index (χ0) is 21.4. The van der Waals surface area contributed by atoms with Crippen LogP contribution in [0, 0.1) is 0 Å². The maximum atomic E-state index is 11.2. The van der Waals surface area contributed by atoms with Crippen LogP contribution in [0.25, 0.3) is 21.9 Å². The van der Waals surface area contributed by atoms with E-state index in [9.17, 15) is 5.11 Å². The van der Waals surface area contributed by atoms with E-state index in [1.54, 1.807) is 6.07 Å². The number of nitrogens with two attached hydrogens (primary N) is 3. The van der Waals surface area contributed by atoms with Gasteiger partial charge < -0.3 is 14.6 Å². The predicted octanol–water partition coefficient (Wildman–Crippen LogP) is 3.58. The number of benzene rings is 3. The summed E-state index contributed by atoms with van der Waals surface area (Å²) in [5, 5.41) is 12.9. The molecule has 0 radical (unpaired) electrons. The molecular formula is C25H27N3O3. The molecule has 0 unspecified atom stereocenters. The Hall–Kier alpha value is -2.80. The van der Waals surface area contributed by atoms with Crippen LogP contribution in [0.15, 0.2) is 36.4 Å². The van der Waals surface area contributed by atoms with E-state index >= 15 is 0 Å². The van der Waals surface area contributed by atoms with Gasteiger partial charge in [-0.3, -0.25) is 17.2 Å². The van der Waals surface area contributed by atoms with E-state index < -0.39 is 5.97 Å². The van der Waals surface area contributed by atoms with Crippen LogP contribution in [0.2, 0.25) is 0 Å². The van der Waals surface area contributed by atoms with Gasteiger partial charge in [0.15, 0.2) is 11.5 Å². The fourth-order valence-electron chi connectivity index (χ4n) is 6.14. The van der Waals surface area contributed by atoms with E-state index in [4.69, 9.17) is 26.7 Å². The summed E-state index contributed by atoms with van der Waals surface area (Å²) in [7, 11) is 0. The van der Waals surface area contributed by atoms with Gasteiger partial charge in [0, 0.05) is 28.2 Å². The van der Waals surface area contributed by atoms with E-state index in [1.807, 2.05) is 6.07 Å². The smallest absolute Gasteiger partial charge is 0.271 e. The van der Waals surface area contributed by atoms with Gasteiger partial charge in [-0.15, -0.1) is 0 Å². The van der Waals surface area contributed by atoms with Crippen molar-refractivity contribution in [2.24, 2.45) is 17.2 Å². The van der Waals surface area contributed by atoms with Crippen LogP contribution < -0.4 is 26.7 Å². The molecule has 31 heavy (non-hydrogen) atoms.